The molecule has 0 spiro atoms. The number of hydrogen-bond acceptors (Lipinski definition) is 5. The highest BCUT2D eigenvalue weighted by Gasteiger charge is 2.35. The van der Waals surface area contributed by atoms with Gasteiger partial charge in [0.1, 0.15) is 5.84 Å². The van der Waals surface area contributed by atoms with Crippen LogP contribution in [-0.4, -0.2) is 35.3 Å². The summed E-state index contributed by atoms with van der Waals surface area (Å²) in [5, 5.41) is 15.5. The summed E-state index contributed by atoms with van der Waals surface area (Å²) in [5.41, 5.74) is 5.59. The summed E-state index contributed by atoms with van der Waals surface area (Å²) in [6.07, 6.45) is 3.36. The predicted molar refractivity (Wildman–Crippen MR) is 73.1 cm³/mol. The number of rotatable bonds is 4. The molecule has 8 nitrogen and oxygen atoms in total. The molecule has 0 aromatic carbocycles. The van der Waals surface area contributed by atoms with Crippen LogP contribution in [-0.2, 0) is 17.1 Å². The molecule has 1 fully saturated rings. The van der Waals surface area contributed by atoms with E-state index in [4.69, 9.17) is 22.5 Å². The number of hydrogen-bond donors (Lipinski definition) is 3. The van der Waals surface area contributed by atoms with Gasteiger partial charge in [-0.05, 0) is 12.8 Å². The number of aryl methyl sites for hydroxylation is 1. The number of aromatic nitrogens is 2. The highest BCUT2D eigenvalue weighted by molar-refractivity contribution is 7.89. The van der Waals surface area contributed by atoms with E-state index >= 15 is 0 Å². The van der Waals surface area contributed by atoms with Gasteiger partial charge in [0.2, 0.25) is 0 Å². The van der Waals surface area contributed by atoms with Crippen molar-refractivity contribution in [2.24, 2.45) is 23.9 Å². The van der Waals surface area contributed by atoms with Gasteiger partial charge in [-0.2, -0.15) is 5.10 Å². The van der Waals surface area contributed by atoms with Gasteiger partial charge in [-0.3, -0.25) is 4.68 Å². The topological polar surface area (TPSA) is 123 Å². The molecule has 2 unspecified atom stereocenters. The summed E-state index contributed by atoms with van der Waals surface area (Å²) in [4.78, 5) is 0. The Morgan fingerprint density at radius 1 is 1.65 bits per heavy atom. The number of nitrogens with two attached hydrogens (primary N) is 1. The second-order valence-electron chi connectivity index (χ2n) is 4.71. The van der Waals surface area contributed by atoms with Gasteiger partial charge in [-0.1, -0.05) is 23.2 Å². The fourth-order valence-electron chi connectivity index (χ4n) is 2.49. The van der Waals surface area contributed by atoms with E-state index in [2.05, 4.69) is 15.0 Å². The van der Waals surface area contributed by atoms with E-state index in [-0.39, 0.29) is 21.8 Å². The van der Waals surface area contributed by atoms with Crippen molar-refractivity contribution >= 4 is 27.5 Å². The number of amidine groups is 1. The maximum Gasteiger partial charge on any atom is 0.259 e. The average molecular weight is 322 g/mol. The fourth-order valence-corrected chi connectivity index (χ4v) is 4.45. The molecular formula is C10H16ClN5O3S. The van der Waals surface area contributed by atoms with Gasteiger partial charge in [0.25, 0.3) is 10.0 Å². The second kappa shape index (κ2) is 5.58. The van der Waals surface area contributed by atoms with Crippen LogP contribution >= 0.6 is 11.6 Å². The van der Waals surface area contributed by atoms with Crippen LogP contribution in [0.4, 0.5) is 0 Å². The lowest BCUT2D eigenvalue weighted by atomic mass is 10.0. The molecule has 20 heavy (non-hydrogen) atoms. The molecule has 4 N–H and O–H groups in total. The van der Waals surface area contributed by atoms with Crippen LogP contribution in [0, 0.1) is 5.92 Å². The summed E-state index contributed by atoms with van der Waals surface area (Å²) in [5.74, 6) is -0.284. The van der Waals surface area contributed by atoms with Crippen molar-refractivity contribution in [3.63, 3.8) is 0 Å². The normalized spacial score (nSPS) is 24.2. The third-order valence-corrected chi connectivity index (χ3v) is 5.41. The molecule has 10 heteroatoms. The third kappa shape index (κ3) is 2.74. The first-order valence-corrected chi connectivity index (χ1v) is 7.90. The highest BCUT2D eigenvalue weighted by atomic mass is 35.5. The van der Waals surface area contributed by atoms with E-state index < -0.39 is 16.1 Å². The molecule has 1 saturated carbocycles. The van der Waals surface area contributed by atoms with E-state index in [1.54, 1.807) is 0 Å². The number of sulfonamides is 1. The highest BCUT2D eigenvalue weighted by Crippen LogP contribution is 2.28. The molecule has 2 rings (SSSR count). The monoisotopic (exact) mass is 321 g/mol. The molecule has 1 aliphatic rings. The minimum Gasteiger partial charge on any atom is -0.409 e. The maximum atomic E-state index is 12.3. The number of halogens is 1. The van der Waals surface area contributed by atoms with Gasteiger partial charge in [-0.15, -0.1) is 0 Å². The van der Waals surface area contributed by atoms with Crippen LogP contribution in [0.25, 0.3) is 0 Å². The van der Waals surface area contributed by atoms with Crippen molar-refractivity contribution in [1.82, 2.24) is 14.5 Å². The quantitative estimate of drug-likeness (QED) is 0.318. The van der Waals surface area contributed by atoms with E-state index in [0.717, 1.165) is 6.42 Å². The Balaban J connectivity index is 2.25. The fraction of sp³-hybridized carbons (Fsp3) is 0.600. The Bertz CT molecular complexity index is 607. The Kier molecular flexibility index (Phi) is 4.21. The largest absolute Gasteiger partial charge is 0.409 e. The zero-order chi connectivity index (χ0) is 14.9. The molecule has 1 heterocycles. The molecular weight excluding hydrogens is 306 g/mol. The number of nitrogens with zero attached hydrogens (tertiary/aromatic N) is 3. The molecule has 1 aliphatic carbocycles. The van der Waals surface area contributed by atoms with E-state index in [0.29, 0.717) is 12.8 Å². The van der Waals surface area contributed by atoms with Crippen LogP contribution in [0.1, 0.15) is 19.3 Å². The maximum absolute atomic E-state index is 12.3. The molecule has 0 bridgehead atoms. The van der Waals surface area contributed by atoms with E-state index in [9.17, 15) is 8.42 Å². The molecule has 0 aliphatic heterocycles. The van der Waals surface area contributed by atoms with Crippen LogP contribution in [0.3, 0.4) is 0 Å². The minimum absolute atomic E-state index is 0.0336. The van der Waals surface area contributed by atoms with Gasteiger partial charge in [0, 0.05) is 19.0 Å². The first-order valence-electron chi connectivity index (χ1n) is 6.04. The molecule has 0 amide bonds. The van der Waals surface area contributed by atoms with Gasteiger partial charge >= 0.3 is 0 Å². The lowest BCUT2D eigenvalue weighted by Gasteiger charge is -2.19. The van der Waals surface area contributed by atoms with Gasteiger partial charge < -0.3 is 10.9 Å². The summed E-state index contributed by atoms with van der Waals surface area (Å²) >= 11 is 5.85. The number of oxime groups is 1. The number of nitrogens with one attached hydrogen (secondary N) is 1. The molecule has 1 aromatic rings. The molecule has 2 atom stereocenters. The smallest absolute Gasteiger partial charge is 0.259 e. The second-order valence-corrected chi connectivity index (χ2v) is 6.75. The Morgan fingerprint density at radius 3 is 2.90 bits per heavy atom. The lowest BCUT2D eigenvalue weighted by molar-refractivity contribution is 0.312. The van der Waals surface area contributed by atoms with Crippen molar-refractivity contribution in [2.45, 2.75) is 30.3 Å². The Hall–Kier alpha value is -1.32. The minimum atomic E-state index is -3.81. The van der Waals surface area contributed by atoms with Gasteiger partial charge in [0.05, 0.1) is 11.2 Å². The molecule has 0 saturated heterocycles. The molecule has 0 radical (unpaired) electrons. The van der Waals surface area contributed by atoms with Crippen molar-refractivity contribution in [3.05, 3.63) is 11.2 Å². The van der Waals surface area contributed by atoms with Gasteiger partial charge in [-0.25, -0.2) is 13.1 Å². The Morgan fingerprint density at radius 2 is 2.35 bits per heavy atom. The van der Waals surface area contributed by atoms with Crippen LogP contribution < -0.4 is 10.5 Å². The third-order valence-electron chi connectivity index (χ3n) is 3.41. The van der Waals surface area contributed by atoms with Gasteiger partial charge in [0.15, 0.2) is 5.03 Å². The van der Waals surface area contributed by atoms with Crippen molar-refractivity contribution in [3.8, 4) is 0 Å². The molecule has 112 valence electrons. The first kappa shape index (κ1) is 15.1. The van der Waals surface area contributed by atoms with Crippen LogP contribution in [0.15, 0.2) is 16.4 Å². The zero-order valence-corrected chi connectivity index (χ0v) is 12.4. The zero-order valence-electron chi connectivity index (χ0n) is 10.8. The summed E-state index contributed by atoms with van der Waals surface area (Å²) < 4.78 is 28.4. The van der Waals surface area contributed by atoms with Crippen molar-refractivity contribution in [1.29, 1.82) is 0 Å². The first-order chi connectivity index (χ1) is 9.36. The summed E-state index contributed by atoms with van der Waals surface area (Å²) in [7, 11) is -2.31. The van der Waals surface area contributed by atoms with Crippen molar-refractivity contribution in [2.75, 3.05) is 0 Å². The predicted octanol–water partition coefficient (Wildman–Crippen LogP) is 0.267. The summed E-state index contributed by atoms with van der Waals surface area (Å²) in [6.45, 7) is 0. The average Bonchev–Trinajstić information content (AvgIpc) is 2.95. The van der Waals surface area contributed by atoms with E-state index in [1.807, 2.05) is 0 Å². The molecule has 1 aromatic heterocycles. The Labute approximate surface area is 121 Å². The SMILES string of the molecule is Cn1ncc(Cl)c1S(=O)(=O)NC1CCCC1C(N)=NO. The van der Waals surface area contributed by atoms with E-state index in [1.165, 1.54) is 17.9 Å². The van der Waals surface area contributed by atoms with Crippen LogP contribution in [0.5, 0.6) is 0 Å². The summed E-state index contributed by atoms with van der Waals surface area (Å²) in [6, 6.07) is -0.415. The van der Waals surface area contributed by atoms with Crippen molar-refractivity contribution < 1.29 is 13.6 Å². The standard InChI is InChI=1S/C10H16ClN5O3S/c1-16-10(7(11)5-13-16)20(18,19)15-8-4-2-3-6(8)9(12)14-17/h5-6,8,15,17H,2-4H2,1H3,(H2,12,14). The van der Waals surface area contributed by atoms with Crippen LogP contribution in [0.2, 0.25) is 5.02 Å². The lowest BCUT2D eigenvalue weighted by Crippen LogP contribution is -2.42.